The van der Waals surface area contributed by atoms with Crippen molar-refractivity contribution in [1.29, 1.82) is 5.26 Å². The maximum atomic E-state index is 12.2. The Kier molecular flexibility index (Phi) is 4.27. The van der Waals surface area contributed by atoms with Crippen LogP contribution in [0.25, 0.3) is 0 Å². The molecule has 3 N–H and O–H groups in total. The van der Waals surface area contributed by atoms with E-state index in [1.807, 2.05) is 13.0 Å². The van der Waals surface area contributed by atoms with Gasteiger partial charge in [-0.2, -0.15) is 5.26 Å². The summed E-state index contributed by atoms with van der Waals surface area (Å²) in [7, 11) is 0. The number of benzene rings is 1. The van der Waals surface area contributed by atoms with Gasteiger partial charge in [0.05, 0.1) is 16.9 Å². The zero-order valence-corrected chi connectivity index (χ0v) is 11.7. The van der Waals surface area contributed by atoms with Gasteiger partial charge < -0.3 is 11.1 Å². The van der Waals surface area contributed by atoms with E-state index in [4.69, 9.17) is 11.0 Å². The largest absolute Gasteiger partial charge is 0.399 e. The lowest BCUT2D eigenvalue weighted by molar-refractivity contribution is 0.102. The number of carbonyl (C=O) groups is 1. The molecule has 0 saturated carbocycles. The van der Waals surface area contributed by atoms with Gasteiger partial charge in [0, 0.05) is 5.69 Å². The van der Waals surface area contributed by atoms with E-state index < -0.39 is 0 Å². The molecule has 7 heteroatoms. The first-order valence-corrected chi connectivity index (χ1v) is 6.85. The summed E-state index contributed by atoms with van der Waals surface area (Å²) in [5.74, 6) is -0.301. The molecule has 2 aromatic rings. The fourth-order valence-electron chi connectivity index (χ4n) is 1.72. The molecule has 6 nitrogen and oxygen atoms in total. The Hall–Kier alpha value is -2.46. The average molecular weight is 287 g/mol. The monoisotopic (exact) mass is 287 g/mol. The SMILES string of the molecule is CCCc1nnsc1C(=O)Nc1ccc(N)cc1C#N. The summed E-state index contributed by atoms with van der Waals surface area (Å²) in [6.07, 6.45) is 1.59. The lowest BCUT2D eigenvalue weighted by atomic mass is 10.1. The Bertz CT molecular complexity index is 674. The third-order valence-corrected chi connectivity index (χ3v) is 3.43. The van der Waals surface area contributed by atoms with Crippen molar-refractivity contribution in [2.24, 2.45) is 0 Å². The number of nitriles is 1. The second kappa shape index (κ2) is 6.12. The number of hydrogen-bond donors (Lipinski definition) is 2. The molecule has 0 aliphatic rings. The normalized spacial score (nSPS) is 10.0. The molecule has 0 atom stereocenters. The standard InChI is InChI=1S/C13H13N5OS/c1-2-3-11-12(20-18-17-11)13(19)16-10-5-4-9(15)6-8(10)7-14/h4-6H,2-3,15H2,1H3,(H,16,19). The molecule has 1 amide bonds. The molecule has 102 valence electrons. The summed E-state index contributed by atoms with van der Waals surface area (Å²) < 4.78 is 3.81. The summed E-state index contributed by atoms with van der Waals surface area (Å²) in [5, 5.41) is 15.7. The molecular formula is C13H13N5OS. The fraction of sp³-hybridized carbons (Fsp3) is 0.231. The molecule has 0 bridgehead atoms. The second-order valence-electron chi connectivity index (χ2n) is 4.17. The van der Waals surface area contributed by atoms with Gasteiger partial charge in [-0.3, -0.25) is 4.79 Å². The molecule has 1 aromatic carbocycles. The third kappa shape index (κ3) is 2.92. The maximum Gasteiger partial charge on any atom is 0.269 e. The van der Waals surface area contributed by atoms with Gasteiger partial charge in [-0.1, -0.05) is 17.8 Å². The van der Waals surface area contributed by atoms with Crippen molar-refractivity contribution in [2.45, 2.75) is 19.8 Å². The molecule has 1 heterocycles. The minimum Gasteiger partial charge on any atom is -0.399 e. The Balaban J connectivity index is 2.24. The molecule has 0 fully saturated rings. The van der Waals surface area contributed by atoms with Crippen LogP contribution < -0.4 is 11.1 Å². The van der Waals surface area contributed by atoms with E-state index in [0.717, 1.165) is 18.0 Å². The van der Waals surface area contributed by atoms with Crippen LogP contribution in [-0.2, 0) is 6.42 Å². The van der Waals surface area contributed by atoms with Crippen molar-refractivity contribution in [2.75, 3.05) is 11.1 Å². The summed E-state index contributed by atoms with van der Waals surface area (Å²) in [6, 6.07) is 6.77. The molecule has 2 rings (SSSR count). The minimum absolute atomic E-state index is 0.301. The van der Waals surface area contributed by atoms with Crippen molar-refractivity contribution < 1.29 is 4.79 Å². The molecule has 0 spiro atoms. The van der Waals surface area contributed by atoms with Crippen LogP contribution in [-0.4, -0.2) is 15.5 Å². The van der Waals surface area contributed by atoms with Crippen LogP contribution in [0.15, 0.2) is 18.2 Å². The van der Waals surface area contributed by atoms with E-state index >= 15 is 0 Å². The highest BCUT2D eigenvalue weighted by atomic mass is 32.1. The molecule has 0 aliphatic carbocycles. The van der Waals surface area contributed by atoms with Gasteiger partial charge in [0.2, 0.25) is 0 Å². The van der Waals surface area contributed by atoms with E-state index in [9.17, 15) is 4.79 Å². The Morgan fingerprint density at radius 2 is 2.35 bits per heavy atom. The van der Waals surface area contributed by atoms with Crippen molar-refractivity contribution in [3.05, 3.63) is 34.3 Å². The molecule has 0 saturated heterocycles. The van der Waals surface area contributed by atoms with Crippen molar-refractivity contribution in [1.82, 2.24) is 9.59 Å². The predicted octanol–water partition coefficient (Wildman–Crippen LogP) is 2.20. The predicted molar refractivity (Wildman–Crippen MR) is 77.4 cm³/mol. The number of nitrogens with zero attached hydrogens (tertiary/aromatic N) is 3. The quantitative estimate of drug-likeness (QED) is 0.839. The average Bonchev–Trinajstić information content (AvgIpc) is 2.89. The van der Waals surface area contributed by atoms with Gasteiger partial charge in [0.25, 0.3) is 5.91 Å². The highest BCUT2D eigenvalue weighted by Gasteiger charge is 2.17. The van der Waals surface area contributed by atoms with Gasteiger partial charge in [0.15, 0.2) is 0 Å². The van der Waals surface area contributed by atoms with Crippen LogP contribution in [0.5, 0.6) is 0 Å². The Labute approximate surface area is 120 Å². The molecule has 0 aliphatic heterocycles. The number of hydrogen-bond acceptors (Lipinski definition) is 6. The Morgan fingerprint density at radius 3 is 3.05 bits per heavy atom. The summed E-state index contributed by atoms with van der Waals surface area (Å²) in [6.45, 7) is 2.01. The molecule has 0 radical (unpaired) electrons. The van der Waals surface area contributed by atoms with Crippen LogP contribution in [0.1, 0.15) is 34.3 Å². The molecule has 20 heavy (non-hydrogen) atoms. The zero-order chi connectivity index (χ0) is 14.5. The highest BCUT2D eigenvalue weighted by molar-refractivity contribution is 7.08. The smallest absolute Gasteiger partial charge is 0.269 e. The number of nitrogens with two attached hydrogens (primary N) is 1. The number of aromatic nitrogens is 2. The molecule has 1 aromatic heterocycles. The van der Waals surface area contributed by atoms with Crippen LogP contribution in [0.3, 0.4) is 0 Å². The minimum atomic E-state index is -0.301. The van der Waals surface area contributed by atoms with Gasteiger partial charge in [-0.15, -0.1) is 5.10 Å². The number of nitrogen functional groups attached to an aromatic ring is 1. The first-order valence-electron chi connectivity index (χ1n) is 6.08. The van der Waals surface area contributed by atoms with E-state index in [1.165, 1.54) is 6.07 Å². The zero-order valence-electron chi connectivity index (χ0n) is 10.9. The van der Waals surface area contributed by atoms with Gasteiger partial charge in [-0.25, -0.2) is 0 Å². The van der Waals surface area contributed by atoms with Crippen LogP contribution >= 0.6 is 11.5 Å². The van der Waals surface area contributed by atoms with Crippen molar-refractivity contribution in [3.63, 3.8) is 0 Å². The summed E-state index contributed by atoms with van der Waals surface area (Å²) in [5.41, 5.74) is 7.53. The number of rotatable bonds is 4. The van der Waals surface area contributed by atoms with Crippen LogP contribution in [0.4, 0.5) is 11.4 Å². The maximum absolute atomic E-state index is 12.2. The third-order valence-electron chi connectivity index (χ3n) is 2.66. The number of anilines is 2. The van der Waals surface area contributed by atoms with Crippen LogP contribution in [0, 0.1) is 11.3 Å². The van der Waals surface area contributed by atoms with E-state index in [2.05, 4.69) is 14.9 Å². The highest BCUT2D eigenvalue weighted by Crippen LogP contribution is 2.20. The van der Waals surface area contributed by atoms with Crippen LogP contribution in [0.2, 0.25) is 0 Å². The first-order chi connectivity index (χ1) is 9.65. The molecule has 0 unspecified atom stereocenters. The lowest BCUT2D eigenvalue weighted by Gasteiger charge is -2.07. The number of aryl methyl sites for hydroxylation is 1. The fourth-order valence-corrected chi connectivity index (χ4v) is 2.33. The van der Waals surface area contributed by atoms with Crippen molar-refractivity contribution >= 4 is 28.8 Å². The Morgan fingerprint density at radius 1 is 1.55 bits per heavy atom. The first kappa shape index (κ1) is 14.0. The summed E-state index contributed by atoms with van der Waals surface area (Å²) in [4.78, 5) is 12.7. The summed E-state index contributed by atoms with van der Waals surface area (Å²) >= 11 is 1.05. The van der Waals surface area contributed by atoms with E-state index in [-0.39, 0.29) is 5.91 Å². The number of carbonyl (C=O) groups excluding carboxylic acids is 1. The molecular weight excluding hydrogens is 274 g/mol. The van der Waals surface area contributed by atoms with Gasteiger partial charge in [-0.05, 0) is 36.2 Å². The lowest BCUT2D eigenvalue weighted by Crippen LogP contribution is -2.13. The van der Waals surface area contributed by atoms with Gasteiger partial charge in [0.1, 0.15) is 10.9 Å². The van der Waals surface area contributed by atoms with E-state index in [0.29, 0.717) is 33.9 Å². The topological polar surface area (TPSA) is 105 Å². The van der Waals surface area contributed by atoms with Crippen molar-refractivity contribution in [3.8, 4) is 6.07 Å². The number of nitrogens with one attached hydrogen (secondary N) is 1. The van der Waals surface area contributed by atoms with Gasteiger partial charge >= 0.3 is 0 Å². The van der Waals surface area contributed by atoms with E-state index in [1.54, 1.807) is 12.1 Å². The second-order valence-corrected chi connectivity index (χ2v) is 4.92. The number of amides is 1.